The lowest BCUT2D eigenvalue weighted by molar-refractivity contribution is -0.150. The number of nitrogens with one attached hydrogen (secondary N) is 2. The van der Waals surface area contributed by atoms with E-state index in [2.05, 4.69) is 10.6 Å². The molecule has 0 spiro atoms. The van der Waals surface area contributed by atoms with Crippen LogP contribution in [0.2, 0.25) is 5.02 Å². The molecule has 0 unspecified atom stereocenters. The fourth-order valence-corrected chi connectivity index (χ4v) is 2.81. The molecule has 1 atom stereocenters. The molecule has 28 heavy (non-hydrogen) atoms. The molecule has 8 nitrogen and oxygen atoms in total. The number of nitrogens with zero attached hydrogens (tertiary/aromatic N) is 1. The van der Waals surface area contributed by atoms with Crippen LogP contribution < -0.4 is 10.6 Å². The van der Waals surface area contributed by atoms with Crippen molar-refractivity contribution in [3.05, 3.63) is 29.3 Å². The van der Waals surface area contributed by atoms with Crippen LogP contribution in [0.3, 0.4) is 0 Å². The second-order valence-electron chi connectivity index (χ2n) is 7.30. The fraction of sp³-hybridized carbons (Fsp3) is 0.474. The van der Waals surface area contributed by atoms with Crippen molar-refractivity contribution in [2.45, 2.75) is 39.2 Å². The summed E-state index contributed by atoms with van der Waals surface area (Å²) >= 11 is 5.76. The number of carbonyl (C=O) groups excluding carboxylic acids is 4. The third kappa shape index (κ3) is 5.69. The van der Waals surface area contributed by atoms with E-state index >= 15 is 0 Å². The molecule has 1 aliphatic rings. The van der Waals surface area contributed by atoms with Gasteiger partial charge in [-0.05, 0) is 49.9 Å². The standard InChI is InChI=1S/C19H24ClN3O5/c1-12(2)8-9-19(3)17(26)23(18(27)22-19)10-16(25)28-11-15(24)21-14-6-4-13(20)5-7-14/h4-7,12H,8-11H2,1-3H3,(H,21,24)(H,22,27)/t19-/m1/s1. The summed E-state index contributed by atoms with van der Waals surface area (Å²) in [5, 5.41) is 5.70. The second-order valence-corrected chi connectivity index (χ2v) is 7.74. The van der Waals surface area contributed by atoms with Crippen LogP contribution in [-0.4, -0.2) is 47.4 Å². The molecule has 2 N–H and O–H groups in total. The van der Waals surface area contributed by atoms with Crippen LogP contribution >= 0.6 is 11.6 Å². The van der Waals surface area contributed by atoms with Crippen LogP contribution in [0.15, 0.2) is 24.3 Å². The summed E-state index contributed by atoms with van der Waals surface area (Å²) in [7, 11) is 0. The third-order valence-corrected chi connectivity index (χ3v) is 4.60. The molecule has 4 amide bonds. The minimum absolute atomic E-state index is 0.375. The Hall–Kier alpha value is -2.61. The van der Waals surface area contributed by atoms with Gasteiger partial charge in [0, 0.05) is 10.7 Å². The van der Waals surface area contributed by atoms with Crippen LogP contribution in [0.25, 0.3) is 0 Å². The number of imide groups is 1. The average molecular weight is 410 g/mol. The lowest BCUT2D eigenvalue weighted by Gasteiger charge is -2.22. The Morgan fingerprint density at radius 1 is 1.25 bits per heavy atom. The average Bonchev–Trinajstić information content (AvgIpc) is 2.84. The summed E-state index contributed by atoms with van der Waals surface area (Å²) in [4.78, 5) is 49.3. The normalized spacial score (nSPS) is 19.0. The van der Waals surface area contributed by atoms with Gasteiger partial charge in [0.1, 0.15) is 12.1 Å². The van der Waals surface area contributed by atoms with E-state index in [1.807, 2.05) is 13.8 Å². The van der Waals surface area contributed by atoms with E-state index in [0.717, 1.165) is 11.3 Å². The van der Waals surface area contributed by atoms with Gasteiger partial charge >= 0.3 is 12.0 Å². The predicted octanol–water partition coefficient (Wildman–Crippen LogP) is 2.57. The zero-order chi connectivity index (χ0) is 20.9. The van der Waals surface area contributed by atoms with E-state index in [4.69, 9.17) is 16.3 Å². The Morgan fingerprint density at radius 3 is 2.50 bits per heavy atom. The van der Waals surface area contributed by atoms with Gasteiger partial charge in [0.15, 0.2) is 6.61 Å². The van der Waals surface area contributed by atoms with Gasteiger partial charge in [-0.1, -0.05) is 25.4 Å². The molecule has 1 aromatic carbocycles. The Bertz CT molecular complexity index is 765. The van der Waals surface area contributed by atoms with Crippen LogP contribution in [0.4, 0.5) is 10.5 Å². The number of ether oxygens (including phenoxy) is 1. The number of rotatable bonds is 8. The Morgan fingerprint density at radius 2 is 1.89 bits per heavy atom. The third-order valence-electron chi connectivity index (χ3n) is 4.35. The van der Waals surface area contributed by atoms with Gasteiger partial charge in [0.25, 0.3) is 11.8 Å². The Kier molecular flexibility index (Phi) is 7.01. The summed E-state index contributed by atoms with van der Waals surface area (Å²) in [5.74, 6) is -1.49. The molecule has 1 aromatic rings. The van der Waals surface area contributed by atoms with Crippen molar-refractivity contribution >= 4 is 41.1 Å². The number of amides is 4. The molecule has 9 heteroatoms. The highest BCUT2D eigenvalue weighted by Gasteiger charge is 2.48. The van der Waals surface area contributed by atoms with Gasteiger partial charge in [-0.25, -0.2) is 4.79 Å². The zero-order valence-corrected chi connectivity index (χ0v) is 16.8. The molecule has 1 fully saturated rings. The number of halogens is 1. The van der Waals surface area contributed by atoms with Gasteiger partial charge in [0.2, 0.25) is 0 Å². The second kappa shape index (κ2) is 9.05. The van der Waals surface area contributed by atoms with Crippen molar-refractivity contribution in [1.82, 2.24) is 10.2 Å². The van der Waals surface area contributed by atoms with Crippen LogP contribution in [0.1, 0.15) is 33.6 Å². The van der Waals surface area contributed by atoms with Gasteiger partial charge in [-0.15, -0.1) is 0 Å². The molecule has 1 heterocycles. The van der Waals surface area contributed by atoms with Gasteiger partial charge in [0.05, 0.1) is 0 Å². The maximum absolute atomic E-state index is 12.5. The van der Waals surface area contributed by atoms with Crippen LogP contribution in [0.5, 0.6) is 0 Å². The van der Waals surface area contributed by atoms with E-state index in [-0.39, 0.29) is 0 Å². The van der Waals surface area contributed by atoms with E-state index < -0.39 is 42.5 Å². The number of benzene rings is 1. The Labute approximate surface area is 168 Å². The molecular weight excluding hydrogens is 386 g/mol. The molecule has 1 aliphatic heterocycles. The van der Waals surface area contributed by atoms with E-state index in [9.17, 15) is 19.2 Å². The van der Waals surface area contributed by atoms with E-state index in [1.54, 1.807) is 31.2 Å². The molecular formula is C19H24ClN3O5. The minimum atomic E-state index is -1.03. The van der Waals surface area contributed by atoms with Crippen molar-refractivity contribution in [1.29, 1.82) is 0 Å². The monoisotopic (exact) mass is 409 g/mol. The highest BCUT2D eigenvalue weighted by atomic mass is 35.5. The quantitative estimate of drug-likeness (QED) is 0.507. The lowest BCUT2D eigenvalue weighted by atomic mass is 9.92. The first-order chi connectivity index (χ1) is 13.1. The first-order valence-corrected chi connectivity index (χ1v) is 9.33. The molecule has 0 saturated carbocycles. The maximum atomic E-state index is 12.5. The van der Waals surface area contributed by atoms with E-state index in [1.165, 1.54) is 0 Å². The molecule has 1 saturated heterocycles. The number of anilines is 1. The van der Waals surface area contributed by atoms with Crippen molar-refractivity contribution in [2.24, 2.45) is 5.92 Å². The van der Waals surface area contributed by atoms with E-state index in [0.29, 0.717) is 23.0 Å². The van der Waals surface area contributed by atoms with Gasteiger partial charge < -0.3 is 15.4 Å². The number of carbonyl (C=O) groups is 4. The number of esters is 1. The lowest BCUT2D eigenvalue weighted by Crippen LogP contribution is -2.44. The predicted molar refractivity (Wildman–Crippen MR) is 104 cm³/mol. The zero-order valence-electron chi connectivity index (χ0n) is 16.1. The number of hydrogen-bond donors (Lipinski definition) is 2. The number of urea groups is 1. The first kappa shape index (κ1) is 21.7. The molecule has 0 bridgehead atoms. The van der Waals surface area contributed by atoms with Crippen molar-refractivity contribution in [3.8, 4) is 0 Å². The van der Waals surface area contributed by atoms with Crippen molar-refractivity contribution < 1.29 is 23.9 Å². The SMILES string of the molecule is CC(C)CC[C@@]1(C)NC(=O)N(CC(=O)OCC(=O)Nc2ccc(Cl)cc2)C1=O. The highest BCUT2D eigenvalue weighted by Crippen LogP contribution is 2.24. The summed E-state index contributed by atoms with van der Waals surface area (Å²) in [6, 6.07) is 5.79. The van der Waals surface area contributed by atoms with Crippen LogP contribution in [0, 0.1) is 5.92 Å². The van der Waals surface area contributed by atoms with Crippen molar-refractivity contribution in [3.63, 3.8) is 0 Å². The molecule has 2 rings (SSSR count). The molecule has 152 valence electrons. The summed E-state index contributed by atoms with van der Waals surface area (Å²) in [5.41, 5.74) is -0.534. The fourth-order valence-electron chi connectivity index (χ4n) is 2.69. The topological polar surface area (TPSA) is 105 Å². The minimum Gasteiger partial charge on any atom is -0.454 e. The van der Waals surface area contributed by atoms with Gasteiger partial charge in [-0.2, -0.15) is 0 Å². The van der Waals surface area contributed by atoms with Crippen LogP contribution in [-0.2, 0) is 19.1 Å². The first-order valence-electron chi connectivity index (χ1n) is 8.96. The van der Waals surface area contributed by atoms with Gasteiger partial charge in [-0.3, -0.25) is 19.3 Å². The highest BCUT2D eigenvalue weighted by molar-refractivity contribution is 6.30. The van der Waals surface area contributed by atoms with Crippen molar-refractivity contribution in [2.75, 3.05) is 18.5 Å². The molecule has 0 radical (unpaired) electrons. The molecule has 0 aromatic heterocycles. The maximum Gasteiger partial charge on any atom is 0.326 e. The summed E-state index contributed by atoms with van der Waals surface area (Å²) < 4.78 is 4.87. The number of hydrogen-bond acceptors (Lipinski definition) is 5. The Balaban J connectivity index is 1.83. The molecule has 0 aliphatic carbocycles. The smallest absolute Gasteiger partial charge is 0.326 e. The summed E-state index contributed by atoms with van der Waals surface area (Å²) in [6.07, 6.45) is 1.23. The largest absolute Gasteiger partial charge is 0.454 e. The summed E-state index contributed by atoms with van der Waals surface area (Å²) in [6.45, 7) is 4.61.